The fourth-order valence-electron chi connectivity index (χ4n) is 5.36. The first-order valence-corrected chi connectivity index (χ1v) is 21.1. The monoisotopic (exact) mass is 723 g/mol. The number of carbonyl (C=O) groups is 2. The number of allylic oxidation sites excluding steroid dienone is 14. The van der Waals surface area contributed by atoms with E-state index in [1.807, 2.05) is 6.08 Å². The molecule has 5 heteroatoms. The van der Waals surface area contributed by atoms with Crippen molar-refractivity contribution in [3.05, 3.63) is 85.1 Å². The maximum Gasteiger partial charge on any atom is 0.306 e. The molecule has 0 aromatic rings. The van der Waals surface area contributed by atoms with Crippen LogP contribution in [-0.4, -0.2) is 37.9 Å². The van der Waals surface area contributed by atoms with Gasteiger partial charge in [0.05, 0.1) is 6.61 Å². The molecule has 0 aliphatic heterocycles. The Hall–Kier alpha value is -2.92. The van der Waals surface area contributed by atoms with Crippen molar-refractivity contribution in [2.45, 2.75) is 181 Å². The second-order valence-electron chi connectivity index (χ2n) is 13.5. The van der Waals surface area contributed by atoms with Gasteiger partial charge in [0.1, 0.15) is 6.61 Å². The number of esters is 2. The summed E-state index contributed by atoms with van der Waals surface area (Å²) in [6.07, 6.45) is 54.8. The molecule has 0 radical (unpaired) electrons. The molecule has 0 N–H and O–H groups in total. The van der Waals surface area contributed by atoms with Crippen LogP contribution in [0.5, 0.6) is 0 Å². The van der Waals surface area contributed by atoms with Crippen LogP contribution in [0, 0.1) is 0 Å². The molecule has 0 heterocycles. The van der Waals surface area contributed by atoms with Crippen molar-refractivity contribution in [3.8, 4) is 0 Å². The summed E-state index contributed by atoms with van der Waals surface area (Å²) in [7, 11) is 0. The summed E-state index contributed by atoms with van der Waals surface area (Å²) in [5.74, 6) is -0.515. The van der Waals surface area contributed by atoms with Crippen molar-refractivity contribution in [2.75, 3.05) is 19.8 Å². The van der Waals surface area contributed by atoms with E-state index in [-0.39, 0.29) is 25.2 Å². The normalized spacial score (nSPS) is 13.1. The van der Waals surface area contributed by atoms with Crippen molar-refractivity contribution >= 4 is 11.9 Å². The molecule has 0 rings (SSSR count). The van der Waals surface area contributed by atoms with Crippen molar-refractivity contribution < 1.29 is 23.8 Å². The van der Waals surface area contributed by atoms with Crippen LogP contribution in [0.1, 0.15) is 175 Å². The molecule has 0 aromatic carbocycles. The molecule has 0 aromatic heterocycles. The third-order valence-electron chi connectivity index (χ3n) is 8.44. The maximum absolute atomic E-state index is 12.5. The van der Waals surface area contributed by atoms with Gasteiger partial charge in [-0.05, 0) is 77.0 Å². The summed E-state index contributed by atoms with van der Waals surface area (Å²) in [6.45, 7) is 7.41. The smallest absolute Gasteiger partial charge is 0.306 e. The minimum atomic E-state index is -0.566. The van der Waals surface area contributed by atoms with Crippen molar-refractivity contribution in [2.24, 2.45) is 0 Å². The Balaban J connectivity index is 4.18. The Bertz CT molecular complexity index is 999. The number of rotatable bonds is 37. The Kier molecular flexibility index (Phi) is 40.1. The predicted octanol–water partition coefficient (Wildman–Crippen LogP) is 13.8. The number of unbranched alkanes of at least 4 members (excludes halogenated alkanes) is 12. The third-order valence-corrected chi connectivity index (χ3v) is 8.44. The van der Waals surface area contributed by atoms with Crippen molar-refractivity contribution in [1.82, 2.24) is 0 Å². The van der Waals surface area contributed by atoms with Crippen LogP contribution in [0.2, 0.25) is 0 Å². The van der Waals surface area contributed by atoms with Gasteiger partial charge in [-0.15, -0.1) is 0 Å². The summed E-state index contributed by atoms with van der Waals surface area (Å²) in [5.41, 5.74) is 0. The summed E-state index contributed by atoms with van der Waals surface area (Å²) in [5, 5.41) is 0. The van der Waals surface area contributed by atoms with E-state index in [1.54, 1.807) is 0 Å². The molecule has 1 unspecified atom stereocenters. The minimum absolute atomic E-state index is 0.0401. The molecule has 52 heavy (non-hydrogen) atoms. The highest BCUT2D eigenvalue weighted by molar-refractivity contribution is 5.70. The Morgan fingerprint density at radius 2 is 0.904 bits per heavy atom. The van der Waals surface area contributed by atoms with Crippen LogP contribution in [0.4, 0.5) is 0 Å². The van der Waals surface area contributed by atoms with Gasteiger partial charge < -0.3 is 14.2 Å². The zero-order valence-electron chi connectivity index (χ0n) is 33.8. The van der Waals surface area contributed by atoms with Gasteiger partial charge in [-0.1, -0.05) is 170 Å². The number of hydrogen-bond donors (Lipinski definition) is 0. The molecule has 296 valence electrons. The van der Waals surface area contributed by atoms with Gasteiger partial charge in [0.25, 0.3) is 0 Å². The van der Waals surface area contributed by atoms with Crippen LogP contribution in [0.15, 0.2) is 85.1 Å². The quantitative estimate of drug-likeness (QED) is 0.0363. The molecule has 0 spiro atoms. The molecule has 0 saturated carbocycles. The van der Waals surface area contributed by atoms with Gasteiger partial charge >= 0.3 is 11.9 Å². The molecular weight excluding hydrogens is 645 g/mol. The molecule has 0 bridgehead atoms. The Morgan fingerprint density at radius 3 is 1.46 bits per heavy atom. The number of hydrogen-bond acceptors (Lipinski definition) is 5. The van der Waals surface area contributed by atoms with Crippen molar-refractivity contribution in [1.29, 1.82) is 0 Å². The predicted molar refractivity (Wildman–Crippen MR) is 223 cm³/mol. The van der Waals surface area contributed by atoms with Gasteiger partial charge in [-0.3, -0.25) is 9.59 Å². The lowest BCUT2D eigenvalue weighted by Gasteiger charge is -2.18. The second kappa shape index (κ2) is 42.5. The second-order valence-corrected chi connectivity index (χ2v) is 13.5. The van der Waals surface area contributed by atoms with Crippen LogP contribution in [0.3, 0.4) is 0 Å². The van der Waals surface area contributed by atoms with E-state index in [4.69, 9.17) is 14.2 Å². The van der Waals surface area contributed by atoms with E-state index < -0.39 is 6.10 Å². The first kappa shape index (κ1) is 49.1. The topological polar surface area (TPSA) is 61.8 Å². The van der Waals surface area contributed by atoms with Crippen LogP contribution in [-0.2, 0) is 23.8 Å². The molecule has 0 saturated heterocycles. The highest BCUT2D eigenvalue weighted by Crippen LogP contribution is 2.12. The van der Waals surface area contributed by atoms with Gasteiger partial charge in [-0.2, -0.15) is 0 Å². The van der Waals surface area contributed by atoms with Gasteiger partial charge in [0.2, 0.25) is 0 Å². The molecule has 5 nitrogen and oxygen atoms in total. The lowest BCUT2D eigenvalue weighted by molar-refractivity contribution is -0.162. The van der Waals surface area contributed by atoms with E-state index in [2.05, 4.69) is 99.8 Å². The minimum Gasteiger partial charge on any atom is -0.462 e. The first-order valence-electron chi connectivity index (χ1n) is 21.1. The van der Waals surface area contributed by atoms with Crippen LogP contribution >= 0.6 is 0 Å². The highest BCUT2D eigenvalue weighted by atomic mass is 16.6. The molecule has 0 aliphatic carbocycles. The van der Waals surface area contributed by atoms with E-state index in [0.29, 0.717) is 25.9 Å². The van der Waals surface area contributed by atoms with E-state index in [1.165, 1.54) is 57.8 Å². The fraction of sp³-hybridized carbons (Fsp3) is 0.660. The highest BCUT2D eigenvalue weighted by Gasteiger charge is 2.17. The standard InChI is InChI=1S/C47H78O5/c1-4-7-10-13-15-17-19-21-22-23-24-25-27-29-31-33-36-39-42-50-43-45(52-47(49)41-38-34-12-9-6-3)44-51-46(48)40-37-35-32-30-28-26-20-18-16-14-11-8-5-2/h7-8,10-11,15-18,21-22,26,28,32,35,45H,4-6,9,12-14,19-20,23-25,27,29-31,33-34,36-44H2,1-3H3/b10-7-,11-8-,17-15-,18-16-,22-21-,28-26-,35-32-. The van der Waals surface area contributed by atoms with E-state index in [9.17, 15) is 9.59 Å². The number of carbonyl (C=O) groups excluding carboxylic acids is 2. The largest absolute Gasteiger partial charge is 0.462 e. The molecule has 0 amide bonds. The van der Waals surface area contributed by atoms with Gasteiger partial charge in [0.15, 0.2) is 6.10 Å². The van der Waals surface area contributed by atoms with Crippen LogP contribution < -0.4 is 0 Å². The van der Waals surface area contributed by atoms with Crippen molar-refractivity contribution in [3.63, 3.8) is 0 Å². The van der Waals surface area contributed by atoms with E-state index >= 15 is 0 Å². The molecule has 0 fully saturated rings. The lowest BCUT2D eigenvalue weighted by atomic mass is 10.1. The van der Waals surface area contributed by atoms with Crippen LogP contribution in [0.25, 0.3) is 0 Å². The zero-order chi connectivity index (χ0) is 37.8. The summed E-state index contributed by atoms with van der Waals surface area (Å²) in [4.78, 5) is 24.9. The van der Waals surface area contributed by atoms with Gasteiger partial charge in [-0.25, -0.2) is 0 Å². The lowest BCUT2D eigenvalue weighted by Crippen LogP contribution is -2.30. The Labute approximate surface area is 320 Å². The average Bonchev–Trinajstić information content (AvgIpc) is 3.14. The third kappa shape index (κ3) is 39.9. The summed E-state index contributed by atoms with van der Waals surface area (Å²) < 4.78 is 17.1. The average molecular weight is 723 g/mol. The fourth-order valence-corrected chi connectivity index (χ4v) is 5.36. The molecule has 1 atom stereocenters. The summed E-state index contributed by atoms with van der Waals surface area (Å²) >= 11 is 0. The SMILES string of the molecule is CC/C=C\C/C=C\C/C=C\C/C=C\CCC(=O)OCC(COCCCCCCCCCC/C=C\C/C=C\C/C=C\CC)OC(=O)CCCCCCC. The zero-order valence-corrected chi connectivity index (χ0v) is 33.8. The molecular formula is C47H78O5. The Morgan fingerprint density at radius 1 is 0.442 bits per heavy atom. The van der Waals surface area contributed by atoms with Gasteiger partial charge in [0, 0.05) is 19.4 Å². The van der Waals surface area contributed by atoms with E-state index in [0.717, 1.165) is 77.0 Å². The maximum atomic E-state index is 12.5. The molecule has 0 aliphatic rings. The summed E-state index contributed by atoms with van der Waals surface area (Å²) in [6, 6.07) is 0. The number of ether oxygens (including phenoxy) is 3. The first-order chi connectivity index (χ1) is 25.6.